The van der Waals surface area contributed by atoms with Crippen LogP contribution in [-0.2, 0) is 9.84 Å². The van der Waals surface area contributed by atoms with Crippen LogP contribution in [0.5, 0.6) is 0 Å². The lowest BCUT2D eigenvalue weighted by atomic mass is 9.83. The maximum absolute atomic E-state index is 11.5. The summed E-state index contributed by atoms with van der Waals surface area (Å²) in [6.07, 6.45) is 3.85. The monoisotopic (exact) mass is 308 g/mol. The molecule has 3 aliphatic heterocycles. The Kier molecular flexibility index (Phi) is 4.08. The summed E-state index contributed by atoms with van der Waals surface area (Å²) in [4.78, 5) is 2.93. The van der Waals surface area contributed by atoms with Gasteiger partial charge in [0.25, 0.3) is 0 Å². The fourth-order valence-corrected chi connectivity index (χ4v) is 4.21. The molecule has 3 fully saturated rings. The third kappa shape index (κ3) is 3.30. The second-order valence-corrected chi connectivity index (χ2v) is 8.49. The normalized spacial score (nSPS) is 30.3. The van der Waals surface area contributed by atoms with Crippen LogP contribution in [0, 0.1) is 5.92 Å². The molecule has 2 unspecified atom stereocenters. The van der Waals surface area contributed by atoms with E-state index in [-0.39, 0.29) is 6.04 Å². The van der Waals surface area contributed by atoms with Crippen LogP contribution in [0.4, 0.5) is 0 Å². The van der Waals surface area contributed by atoms with Crippen LogP contribution >= 0.6 is 0 Å². The van der Waals surface area contributed by atoms with Crippen molar-refractivity contribution in [2.24, 2.45) is 5.92 Å². The lowest BCUT2D eigenvalue weighted by Crippen LogP contribution is -2.56. The molecule has 116 valence electrons. The first-order valence-corrected chi connectivity index (χ1v) is 9.61. The van der Waals surface area contributed by atoms with E-state index in [1.54, 1.807) is 12.1 Å². The van der Waals surface area contributed by atoms with E-state index in [2.05, 4.69) is 17.1 Å². The molecule has 0 aliphatic carbocycles. The van der Waals surface area contributed by atoms with Crippen LogP contribution in [0.3, 0.4) is 0 Å². The van der Waals surface area contributed by atoms with Gasteiger partial charge in [-0.3, -0.25) is 0 Å². The second kappa shape index (κ2) is 5.71. The number of fused-ring (bicyclic) bond motifs is 3. The van der Waals surface area contributed by atoms with Gasteiger partial charge in [0.05, 0.1) is 4.90 Å². The molecular weight excluding hydrogens is 284 g/mol. The molecule has 21 heavy (non-hydrogen) atoms. The maximum atomic E-state index is 11.5. The zero-order valence-corrected chi connectivity index (χ0v) is 13.6. The van der Waals surface area contributed by atoms with Crippen LogP contribution in [0.15, 0.2) is 29.2 Å². The molecule has 0 saturated carbocycles. The first-order chi connectivity index (χ1) is 9.93. The molecule has 2 bridgehead atoms. The Morgan fingerprint density at radius 1 is 1.19 bits per heavy atom. The third-order valence-electron chi connectivity index (χ3n) is 4.93. The van der Waals surface area contributed by atoms with Crippen molar-refractivity contribution < 1.29 is 8.42 Å². The van der Waals surface area contributed by atoms with Crippen LogP contribution in [0.25, 0.3) is 0 Å². The highest BCUT2D eigenvalue weighted by molar-refractivity contribution is 7.90. The summed E-state index contributed by atoms with van der Waals surface area (Å²) in [5, 5.41) is 3.73. The quantitative estimate of drug-likeness (QED) is 0.922. The summed E-state index contributed by atoms with van der Waals surface area (Å²) in [5.74, 6) is 0.799. The molecule has 4 nitrogen and oxygen atoms in total. The van der Waals surface area contributed by atoms with Crippen molar-refractivity contribution >= 4 is 9.84 Å². The molecule has 5 heteroatoms. The summed E-state index contributed by atoms with van der Waals surface area (Å²) < 4.78 is 23.0. The highest BCUT2D eigenvalue weighted by Crippen LogP contribution is 2.29. The fourth-order valence-electron chi connectivity index (χ4n) is 3.57. The zero-order valence-electron chi connectivity index (χ0n) is 12.7. The first kappa shape index (κ1) is 15.0. The number of hydrogen-bond donors (Lipinski definition) is 1. The molecule has 1 N–H and O–H groups in total. The lowest BCUT2D eigenvalue weighted by Gasteiger charge is -2.46. The Bertz CT molecular complexity index is 589. The molecule has 3 aliphatic rings. The van der Waals surface area contributed by atoms with E-state index in [0.29, 0.717) is 10.9 Å². The fraction of sp³-hybridized carbons (Fsp3) is 0.625. The Hall–Kier alpha value is -0.910. The first-order valence-electron chi connectivity index (χ1n) is 7.72. The molecule has 0 spiro atoms. The van der Waals surface area contributed by atoms with Crippen molar-refractivity contribution in [1.82, 2.24) is 10.2 Å². The summed E-state index contributed by atoms with van der Waals surface area (Å²) in [7, 11) is -3.11. The topological polar surface area (TPSA) is 49.4 Å². The van der Waals surface area contributed by atoms with Gasteiger partial charge < -0.3 is 10.2 Å². The van der Waals surface area contributed by atoms with E-state index in [4.69, 9.17) is 0 Å². The minimum Gasteiger partial charge on any atom is -0.306 e. The second-order valence-electron chi connectivity index (χ2n) is 6.47. The van der Waals surface area contributed by atoms with E-state index in [9.17, 15) is 8.42 Å². The molecule has 3 saturated heterocycles. The van der Waals surface area contributed by atoms with E-state index < -0.39 is 9.84 Å². The molecule has 4 rings (SSSR count). The van der Waals surface area contributed by atoms with E-state index in [0.717, 1.165) is 18.0 Å². The molecule has 1 aromatic rings. The van der Waals surface area contributed by atoms with Crippen molar-refractivity contribution in [2.45, 2.75) is 36.7 Å². The number of nitrogens with zero attached hydrogens (tertiary/aromatic N) is 1. The number of sulfone groups is 1. The molecule has 3 heterocycles. The largest absolute Gasteiger partial charge is 0.306 e. The van der Waals surface area contributed by atoms with Crippen molar-refractivity contribution in [1.29, 1.82) is 0 Å². The average molecular weight is 308 g/mol. The zero-order chi connectivity index (χ0) is 15.0. The highest BCUT2D eigenvalue weighted by Gasteiger charge is 2.34. The summed E-state index contributed by atoms with van der Waals surface area (Å²) >= 11 is 0. The molecular formula is C16H24N2O2S. The molecule has 0 amide bonds. The minimum absolute atomic E-state index is 0.254. The smallest absolute Gasteiger partial charge is 0.175 e. The Morgan fingerprint density at radius 3 is 2.29 bits per heavy atom. The van der Waals surface area contributed by atoms with Crippen LogP contribution in [0.1, 0.15) is 31.4 Å². The van der Waals surface area contributed by atoms with Gasteiger partial charge in [-0.25, -0.2) is 8.42 Å². The number of nitrogens with one attached hydrogen (secondary N) is 1. The van der Waals surface area contributed by atoms with Crippen molar-refractivity contribution in [2.75, 3.05) is 25.9 Å². The highest BCUT2D eigenvalue weighted by atomic mass is 32.2. The van der Waals surface area contributed by atoms with Crippen LogP contribution in [-0.4, -0.2) is 45.2 Å². The Balaban J connectivity index is 1.67. The summed E-state index contributed by atoms with van der Waals surface area (Å²) in [6, 6.07) is 8.09. The number of piperidine rings is 3. The lowest BCUT2D eigenvalue weighted by molar-refractivity contribution is 0.0680. The van der Waals surface area contributed by atoms with E-state index in [1.807, 2.05) is 12.1 Å². The molecule has 1 aromatic carbocycles. The predicted octanol–water partition coefficient (Wildman–Crippen LogP) is 1.83. The minimum atomic E-state index is -3.11. The van der Waals surface area contributed by atoms with Crippen LogP contribution < -0.4 is 5.32 Å². The van der Waals surface area contributed by atoms with Gasteiger partial charge in [-0.15, -0.1) is 0 Å². The summed E-state index contributed by atoms with van der Waals surface area (Å²) in [5.41, 5.74) is 1.15. The molecule has 0 radical (unpaired) electrons. The van der Waals surface area contributed by atoms with E-state index >= 15 is 0 Å². The van der Waals surface area contributed by atoms with Gasteiger partial charge in [-0.2, -0.15) is 0 Å². The van der Waals surface area contributed by atoms with Crippen molar-refractivity contribution in [3.05, 3.63) is 29.8 Å². The maximum Gasteiger partial charge on any atom is 0.175 e. The van der Waals surface area contributed by atoms with E-state index in [1.165, 1.54) is 32.2 Å². The van der Waals surface area contributed by atoms with Gasteiger partial charge >= 0.3 is 0 Å². The van der Waals surface area contributed by atoms with Crippen LogP contribution in [0.2, 0.25) is 0 Å². The molecule has 0 aromatic heterocycles. The standard InChI is InChI=1S/C16H24N2O2S/c1-12(13-3-5-15(6-4-13)21(2,19)20)17-16-11-18-9-7-14(16)8-10-18/h3-6,12,14,16-17H,7-11H2,1-2H3. The van der Waals surface area contributed by atoms with Gasteiger partial charge in [0.15, 0.2) is 9.84 Å². The number of benzene rings is 1. The third-order valence-corrected chi connectivity index (χ3v) is 6.06. The van der Waals surface area contributed by atoms with Crippen molar-refractivity contribution in [3.8, 4) is 0 Å². The predicted molar refractivity (Wildman–Crippen MR) is 84.1 cm³/mol. The van der Waals surface area contributed by atoms with Gasteiger partial charge in [-0.1, -0.05) is 12.1 Å². The number of hydrogen-bond acceptors (Lipinski definition) is 4. The SMILES string of the molecule is CC(NC1CN2CCC1CC2)c1ccc(S(C)(=O)=O)cc1. The Morgan fingerprint density at radius 2 is 1.81 bits per heavy atom. The average Bonchev–Trinajstić information content (AvgIpc) is 2.48. The Labute approximate surface area is 127 Å². The molecule has 2 atom stereocenters. The number of rotatable bonds is 4. The van der Waals surface area contributed by atoms with Gasteiger partial charge in [-0.05, 0) is 56.5 Å². The van der Waals surface area contributed by atoms with Gasteiger partial charge in [0, 0.05) is 24.9 Å². The summed E-state index contributed by atoms with van der Waals surface area (Å²) in [6.45, 7) is 5.81. The van der Waals surface area contributed by atoms with Gasteiger partial charge in [0.1, 0.15) is 0 Å². The van der Waals surface area contributed by atoms with Gasteiger partial charge in [0.2, 0.25) is 0 Å². The van der Waals surface area contributed by atoms with Crippen molar-refractivity contribution in [3.63, 3.8) is 0 Å².